The summed E-state index contributed by atoms with van der Waals surface area (Å²) in [5, 5.41) is 2.83. The van der Waals surface area contributed by atoms with Gasteiger partial charge in [0.15, 0.2) is 5.82 Å². The van der Waals surface area contributed by atoms with Gasteiger partial charge in [-0.1, -0.05) is 0 Å². The molecule has 6 nitrogen and oxygen atoms in total. The Hall–Kier alpha value is -2.54. The topological polar surface area (TPSA) is 73.3 Å². The minimum absolute atomic E-state index is 0.0350. The maximum Gasteiger partial charge on any atom is 0.254 e. The second kappa shape index (κ2) is 7.35. The highest BCUT2D eigenvalue weighted by atomic mass is 19.1. The highest BCUT2D eigenvalue weighted by molar-refractivity contribution is 5.94. The number of amides is 1. The molecule has 0 spiro atoms. The maximum absolute atomic E-state index is 13.7. The van der Waals surface area contributed by atoms with Crippen molar-refractivity contribution >= 4 is 5.91 Å². The lowest BCUT2D eigenvalue weighted by Gasteiger charge is -2.32. The van der Waals surface area contributed by atoms with Crippen LogP contribution in [0.25, 0.3) is 0 Å². The van der Waals surface area contributed by atoms with E-state index >= 15 is 0 Å². The Bertz CT molecular complexity index is 708. The van der Waals surface area contributed by atoms with Crippen LogP contribution in [-0.4, -0.2) is 41.2 Å². The van der Waals surface area contributed by atoms with Gasteiger partial charge in [-0.3, -0.25) is 14.8 Å². The molecule has 7 heteroatoms. The Labute approximate surface area is 139 Å². The van der Waals surface area contributed by atoms with Crippen molar-refractivity contribution in [1.29, 1.82) is 0 Å². The fourth-order valence-corrected chi connectivity index (χ4v) is 2.50. The molecule has 0 aromatic carbocycles. The molecule has 2 aromatic rings. The molecule has 0 bridgehead atoms. The minimum atomic E-state index is -0.651. The van der Waals surface area contributed by atoms with Crippen molar-refractivity contribution in [3.8, 4) is 5.75 Å². The molecule has 126 valence electrons. The Morgan fingerprint density at radius 2 is 2.25 bits per heavy atom. The van der Waals surface area contributed by atoms with Crippen molar-refractivity contribution in [2.75, 3.05) is 13.2 Å². The van der Waals surface area contributed by atoms with Crippen LogP contribution >= 0.6 is 0 Å². The van der Waals surface area contributed by atoms with E-state index < -0.39 is 11.7 Å². The second-order valence-electron chi connectivity index (χ2n) is 5.59. The van der Waals surface area contributed by atoms with Crippen LogP contribution in [0.15, 0.2) is 36.8 Å². The fraction of sp³-hybridized carbons (Fsp3) is 0.353. The van der Waals surface area contributed by atoms with Crippen molar-refractivity contribution < 1.29 is 18.7 Å². The average molecular weight is 331 g/mol. The van der Waals surface area contributed by atoms with E-state index in [1.165, 1.54) is 12.3 Å². The normalized spacial score (nSPS) is 20.4. The van der Waals surface area contributed by atoms with Crippen LogP contribution in [0.4, 0.5) is 4.39 Å². The number of carbonyl (C=O) groups excluding carboxylic acids is 1. The number of hydrogen-bond acceptors (Lipinski definition) is 5. The van der Waals surface area contributed by atoms with E-state index in [0.717, 1.165) is 11.9 Å². The Morgan fingerprint density at radius 1 is 1.38 bits per heavy atom. The lowest BCUT2D eigenvalue weighted by atomic mass is 10.1. The summed E-state index contributed by atoms with van der Waals surface area (Å²) >= 11 is 0. The molecule has 1 aliphatic rings. The first-order valence-electron chi connectivity index (χ1n) is 7.71. The van der Waals surface area contributed by atoms with E-state index in [1.807, 2.05) is 19.1 Å². The van der Waals surface area contributed by atoms with Gasteiger partial charge in [0.1, 0.15) is 11.9 Å². The van der Waals surface area contributed by atoms with Gasteiger partial charge in [-0.2, -0.15) is 0 Å². The minimum Gasteiger partial charge on any atom is -0.484 e. The first-order chi connectivity index (χ1) is 11.6. The van der Waals surface area contributed by atoms with Crippen LogP contribution in [0, 0.1) is 12.7 Å². The molecule has 0 radical (unpaired) electrons. The Balaban J connectivity index is 1.69. The number of pyridine rings is 2. The van der Waals surface area contributed by atoms with E-state index in [4.69, 9.17) is 9.47 Å². The van der Waals surface area contributed by atoms with E-state index in [9.17, 15) is 9.18 Å². The van der Waals surface area contributed by atoms with Crippen molar-refractivity contribution in [3.63, 3.8) is 0 Å². The molecular weight excluding hydrogens is 313 g/mol. The molecule has 0 aliphatic carbocycles. The van der Waals surface area contributed by atoms with E-state index in [2.05, 4.69) is 15.3 Å². The number of ether oxygens (including phenoxy) is 2. The number of nitrogens with one attached hydrogen (secondary N) is 1. The van der Waals surface area contributed by atoms with Crippen LogP contribution in [0.1, 0.15) is 22.5 Å². The van der Waals surface area contributed by atoms with Crippen LogP contribution in [0.2, 0.25) is 0 Å². The van der Waals surface area contributed by atoms with E-state index in [-0.39, 0.29) is 17.7 Å². The fourth-order valence-electron chi connectivity index (χ4n) is 2.50. The molecule has 1 N–H and O–H groups in total. The van der Waals surface area contributed by atoms with Crippen LogP contribution in [0.3, 0.4) is 0 Å². The first kappa shape index (κ1) is 16.3. The highest BCUT2D eigenvalue weighted by Gasteiger charge is 2.30. The quantitative estimate of drug-likeness (QED) is 0.926. The first-order valence-corrected chi connectivity index (χ1v) is 7.71. The molecule has 1 saturated heterocycles. The van der Waals surface area contributed by atoms with Gasteiger partial charge in [0, 0.05) is 18.5 Å². The number of aryl methyl sites for hydroxylation is 1. The van der Waals surface area contributed by atoms with Gasteiger partial charge in [-0.05, 0) is 31.5 Å². The SMILES string of the molecule is Cc1ccc(O[C@H]2COCC[C@H]2NC(=O)c2ccncc2F)cn1. The molecule has 24 heavy (non-hydrogen) atoms. The van der Waals surface area contributed by atoms with E-state index in [0.29, 0.717) is 25.4 Å². The number of rotatable bonds is 4. The Kier molecular flexibility index (Phi) is 5.00. The van der Waals surface area contributed by atoms with Crippen LogP contribution < -0.4 is 10.1 Å². The zero-order chi connectivity index (χ0) is 16.9. The lowest BCUT2D eigenvalue weighted by Crippen LogP contribution is -2.51. The second-order valence-corrected chi connectivity index (χ2v) is 5.59. The molecule has 1 aliphatic heterocycles. The summed E-state index contributed by atoms with van der Waals surface area (Å²) in [6.07, 6.45) is 4.25. The van der Waals surface area contributed by atoms with Gasteiger partial charge in [-0.15, -0.1) is 0 Å². The molecule has 1 fully saturated rings. The van der Waals surface area contributed by atoms with E-state index in [1.54, 1.807) is 6.20 Å². The van der Waals surface area contributed by atoms with Crippen molar-refractivity contribution in [3.05, 3.63) is 53.9 Å². The van der Waals surface area contributed by atoms with Gasteiger partial charge >= 0.3 is 0 Å². The average Bonchev–Trinajstić information content (AvgIpc) is 2.59. The maximum atomic E-state index is 13.7. The molecule has 2 aromatic heterocycles. The summed E-state index contributed by atoms with van der Waals surface area (Å²) in [5.74, 6) is -0.537. The third kappa shape index (κ3) is 3.86. The molecule has 3 heterocycles. The highest BCUT2D eigenvalue weighted by Crippen LogP contribution is 2.18. The monoisotopic (exact) mass is 331 g/mol. The molecule has 0 saturated carbocycles. The smallest absolute Gasteiger partial charge is 0.254 e. The summed E-state index contributed by atoms with van der Waals surface area (Å²) in [4.78, 5) is 20.1. The lowest BCUT2D eigenvalue weighted by molar-refractivity contribution is -0.0136. The number of carbonyl (C=O) groups is 1. The van der Waals surface area contributed by atoms with Crippen LogP contribution in [-0.2, 0) is 4.74 Å². The van der Waals surface area contributed by atoms with Crippen molar-refractivity contribution in [1.82, 2.24) is 15.3 Å². The Morgan fingerprint density at radius 3 is 3.00 bits per heavy atom. The van der Waals surface area contributed by atoms with Crippen LogP contribution in [0.5, 0.6) is 5.75 Å². The number of nitrogens with zero attached hydrogens (tertiary/aromatic N) is 2. The molecule has 3 rings (SSSR count). The van der Waals surface area contributed by atoms with Gasteiger partial charge in [0.05, 0.1) is 30.6 Å². The predicted molar refractivity (Wildman–Crippen MR) is 84.3 cm³/mol. The molecule has 0 unspecified atom stereocenters. The van der Waals surface area contributed by atoms with Crippen molar-refractivity contribution in [2.45, 2.75) is 25.5 Å². The number of halogens is 1. The number of aromatic nitrogens is 2. The summed E-state index contributed by atoms with van der Waals surface area (Å²) < 4.78 is 25.0. The zero-order valence-electron chi connectivity index (χ0n) is 13.2. The zero-order valence-corrected chi connectivity index (χ0v) is 13.2. The van der Waals surface area contributed by atoms with Crippen molar-refractivity contribution in [2.24, 2.45) is 0 Å². The van der Waals surface area contributed by atoms with Gasteiger partial charge in [-0.25, -0.2) is 4.39 Å². The summed E-state index contributed by atoms with van der Waals surface area (Å²) in [6, 6.07) is 4.74. The third-order valence-electron chi connectivity index (χ3n) is 3.81. The largest absolute Gasteiger partial charge is 0.484 e. The predicted octanol–water partition coefficient (Wildman–Crippen LogP) is 1.89. The number of hydrogen-bond donors (Lipinski definition) is 1. The standard InChI is InChI=1S/C17H18FN3O3/c1-11-2-3-12(8-20-11)24-16-10-23-7-5-15(16)21-17(22)13-4-6-19-9-14(13)18/h2-4,6,8-9,15-16H,5,7,10H2,1H3,(H,21,22)/t15-,16+/m1/s1. The van der Waals surface area contributed by atoms with Gasteiger partial charge < -0.3 is 14.8 Å². The van der Waals surface area contributed by atoms with Gasteiger partial charge in [0.25, 0.3) is 5.91 Å². The summed E-state index contributed by atoms with van der Waals surface area (Å²) in [6.45, 7) is 2.74. The third-order valence-corrected chi connectivity index (χ3v) is 3.81. The molecular formula is C17H18FN3O3. The molecule has 1 amide bonds. The summed E-state index contributed by atoms with van der Waals surface area (Å²) in [5.41, 5.74) is 0.854. The molecule has 2 atom stereocenters. The van der Waals surface area contributed by atoms with Gasteiger partial charge in [0.2, 0.25) is 0 Å². The summed E-state index contributed by atoms with van der Waals surface area (Å²) in [7, 11) is 0.